The number of rotatable bonds is 5. The number of ether oxygens (including phenoxy) is 1. The van der Waals surface area contributed by atoms with Gasteiger partial charge in [-0.3, -0.25) is 4.79 Å². The van der Waals surface area contributed by atoms with Gasteiger partial charge in [0.2, 0.25) is 0 Å². The lowest BCUT2D eigenvalue weighted by atomic mass is 10.2. The molecule has 1 aromatic carbocycles. The van der Waals surface area contributed by atoms with Crippen LogP contribution in [-0.2, 0) is 4.79 Å². The van der Waals surface area contributed by atoms with Crippen LogP contribution in [0.4, 0.5) is 0 Å². The Morgan fingerprint density at radius 1 is 1.50 bits per heavy atom. The first-order valence-electron chi connectivity index (χ1n) is 4.97. The van der Waals surface area contributed by atoms with Gasteiger partial charge in [0.25, 0.3) is 5.91 Å². The molecular weight excluding hydrogens is 306 g/mol. The molecule has 0 aliphatic heterocycles. The van der Waals surface area contributed by atoms with E-state index in [1.54, 1.807) is 12.1 Å². The standard InChI is InChI=1S/C11H12BrNO5/c1-18-6-2-3-8(12)7(4-6)10(15)13-9(5-14)11(16)17/h2-4,9,14H,5H2,1H3,(H,13,15)(H,16,17)/t9-/m0/s1. The van der Waals surface area contributed by atoms with Gasteiger partial charge >= 0.3 is 5.97 Å². The Labute approximate surface area is 112 Å². The number of hydrogen-bond acceptors (Lipinski definition) is 4. The van der Waals surface area contributed by atoms with Crippen molar-refractivity contribution in [3.63, 3.8) is 0 Å². The summed E-state index contributed by atoms with van der Waals surface area (Å²) in [6.07, 6.45) is 0. The number of aliphatic carboxylic acids is 1. The van der Waals surface area contributed by atoms with Crippen LogP contribution in [0.25, 0.3) is 0 Å². The van der Waals surface area contributed by atoms with Gasteiger partial charge in [0, 0.05) is 4.47 Å². The third kappa shape index (κ3) is 3.44. The maximum Gasteiger partial charge on any atom is 0.328 e. The summed E-state index contributed by atoms with van der Waals surface area (Å²) in [6, 6.07) is 3.40. The molecule has 0 unspecified atom stereocenters. The molecule has 0 heterocycles. The van der Waals surface area contributed by atoms with Crippen molar-refractivity contribution in [1.29, 1.82) is 0 Å². The van der Waals surface area contributed by atoms with E-state index in [-0.39, 0.29) is 5.56 Å². The van der Waals surface area contributed by atoms with E-state index in [0.717, 1.165) is 0 Å². The highest BCUT2D eigenvalue weighted by Crippen LogP contribution is 2.22. The Hall–Kier alpha value is -1.60. The van der Waals surface area contributed by atoms with Crippen LogP contribution in [0.15, 0.2) is 22.7 Å². The Kier molecular flexibility index (Phi) is 5.11. The monoisotopic (exact) mass is 317 g/mol. The third-order valence-electron chi connectivity index (χ3n) is 2.20. The van der Waals surface area contributed by atoms with Crippen LogP contribution in [-0.4, -0.2) is 41.8 Å². The number of aliphatic hydroxyl groups excluding tert-OH is 1. The number of benzene rings is 1. The second-order valence-corrected chi connectivity index (χ2v) is 4.25. The SMILES string of the molecule is COc1ccc(Br)c(C(=O)N[C@@H](CO)C(=O)O)c1. The van der Waals surface area contributed by atoms with E-state index in [2.05, 4.69) is 21.2 Å². The Morgan fingerprint density at radius 3 is 2.67 bits per heavy atom. The van der Waals surface area contributed by atoms with Crippen LogP contribution in [0.5, 0.6) is 5.75 Å². The molecule has 18 heavy (non-hydrogen) atoms. The smallest absolute Gasteiger partial charge is 0.328 e. The molecule has 0 aromatic heterocycles. The molecule has 1 aromatic rings. The van der Waals surface area contributed by atoms with E-state index in [1.165, 1.54) is 13.2 Å². The Morgan fingerprint density at radius 2 is 2.17 bits per heavy atom. The van der Waals surface area contributed by atoms with Crippen molar-refractivity contribution in [3.05, 3.63) is 28.2 Å². The van der Waals surface area contributed by atoms with E-state index in [1.807, 2.05) is 0 Å². The fraction of sp³-hybridized carbons (Fsp3) is 0.273. The molecule has 0 bridgehead atoms. The summed E-state index contributed by atoms with van der Waals surface area (Å²) < 4.78 is 5.47. The maximum absolute atomic E-state index is 11.8. The lowest BCUT2D eigenvalue weighted by Gasteiger charge is -2.13. The van der Waals surface area contributed by atoms with Crippen molar-refractivity contribution in [3.8, 4) is 5.75 Å². The van der Waals surface area contributed by atoms with Gasteiger partial charge in [-0.15, -0.1) is 0 Å². The predicted molar refractivity (Wildman–Crippen MR) is 66.7 cm³/mol. The maximum atomic E-state index is 11.8. The van der Waals surface area contributed by atoms with E-state index >= 15 is 0 Å². The highest BCUT2D eigenvalue weighted by Gasteiger charge is 2.21. The summed E-state index contributed by atoms with van der Waals surface area (Å²) in [4.78, 5) is 22.5. The molecule has 0 saturated heterocycles. The van der Waals surface area contributed by atoms with E-state index in [4.69, 9.17) is 14.9 Å². The van der Waals surface area contributed by atoms with Gasteiger partial charge in [0.1, 0.15) is 5.75 Å². The molecule has 0 spiro atoms. The van der Waals surface area contributed by atoms with Gasteiger partial charge in [0.05, 0.1) is 19.3 Å². The Bertz CT molecular complexity index is 463. The summed E-state index contributed by atoms with van der Waals surface area (Å²) in [5.74, 6) is -1.44. The fourth-order valence-electron chi connectivity index (χ4n) is 1.23. The minimum absolute atomic E-state index is 0.231. The first-order chi connectivity index (χ1) is 8.49. The molecule has 7 heteroatoms. The average Bonchev–Trinajstić information content (AvgIpc) is 2.35. The van der Waals surface area contributed by atoms with Gasteiger partial charge in [0.15, 0.2) is 6.04 Å². The number of carboxylic acid groups (broad SMARTS) is 1. The van der Waals surface area contributed by atoms with Crippen LogP contribution in [0, 0.1) is 0 Å². The lowest BCUT2D eigenvalue weighted by Crippen LogP contribution is -2.43. The molecule has 6 nitrogen and oxygen atoms in total. The largest absolute Gasteiger partial charge is 0.497 e. The number of halogens is 1. The first kappa shape index (κ1) is 14.5. The minimum Gasteiger partial charge on any atom is -0.497 e. The van der Waals surface area contributed by atoms with Crippen LogP contribution >= 0.6 is 15.9 Å². The van der Waals surface area contributed by atoms with Crippen LogP contribution in [0.3, 0.4) is 0 Å². The summed E-state index contributed by atoms with van der Waals surface area (Å²) >= 11 is 3.18. The van der Waals surface area contributed by atoms with Crippen molar-refractivity contribution < 1.29 is 24.5 Å². The van der Waals surface area contributed by atoms with Crippen molar-refractivity contribution in [1.82, 2.24) is 5.32 Å². The quantitative estimate of drug-likeness (QED) is 0.740. The number of amides is 1. The molecule has 0 aliphatic carbocycles. The number of carboxylic acids is 1. The predicted octanol–water partition coefficient (Wildman–Crippen LogP) is 0.633. The van der Waals surface area contributed by atoms with Gasteiger partial charge in [-0.25, -0.2) is 4.79 Å². The molecular formula is C11H12BrNO5. The molecule has 1 atom stereocenters. The lowest BCUT2D eigenvalue weighted by molar-refractivity contribution is -0.140. The molecule has 1 rings (SSSR count). The number of carbonyl (C=O) groups excluding carboxylic acids is 1. The fourth-order valence-corrected chi connectivity index (χ4v) is 1.65. The number of hydrogen-bond donors (Lipinski definition) is 3. The van der Waals surface area contributed by atoms with Crippen molar-refractivity contribution in [2.24, 2.45) is 0 Å². The number of nitrogens with one attached hydrogen (secondary N) is 1. The van der Waals surface area contributed by atoms with Crippen LogP contribution < -0.4 is 10.1 Å². The second kappa shape index (κ2) is 6.36. The molecule has 0 saturated carbocycles. The highest BCUT2D eigenvalue weighted by molar-refractivity contribution is 9.10. The van der Waals surface area contributed by atoms with Crippen molar-refractivity contribution in [2.75, 3.05) is 13.7 Å². The zero-order valence-corrected chi connectivity index (χ0v) is 11.1. The van der Waals surface area contributed by atoms with Gasteiger partial charge < -0.3 is 20.3 Å². The van der Waals surface area contributed by atoms with Crippen molar-refractivity contribution >= 4 is 27.8 Å². The molecule has 0 radical (unpaired) electrons. The van der Waals surface area contributed by atoms with Gasteiger partial charge in [-0.05, 0) is 34.1 Å². The minimum atomic E-state index is -1.34. The van der Waals surface area contributed by atoms with E-state index in [9.17, 15) is 9.59 Å². The average molecular weight is 318 g/mol. The number of aliphatic hydroxyl groups is 1. The number of carbonyl (C=O) groups is 2. The molecule has 0 fully saturated rings. The number of methoxy groups -OCH3 is 1. The second-order valence-electron chi connectivity index (χ2n) is 3.39. The van der Waals surface area contributed by atoms with Crippen LogP contribution in [0.2, 0.25) is 0 Å². The summed E-state index contributed by atoms with van der Waals surface area (Å²) in [6.45, 7) is -0.678. The van der Waals surface area contributed by atoms with Gasteiger partial charge in [-0.1, -0.05) is 0 Å². The Balaban J connectivity index is 2.93. The van der Waals surface area contributed by atoms with Crippen molar-refractivity contribution in [2.45, 2.75) is 6.04 Å². The highest BCUT2D eigenvalue weighted by atomic mass is 79.9. The third-order valence-corrected chi connectivity index (χ3v) is 2.90. The summed E-state index contributed by atoms with van der Waals surface area (Å²) in [5, 5.41) is 19.8. The summed E-state index contributed by atoms with van der Waals surface area (Å²) in [5.41, 5.74) is 0.231. The topological polar surface area (TPSA) is 95.9 Å². The zero-order valence-electron chi connectivity index (χ0n) is 9.51. The zero-order chi connectivity index (χ0) is 13.7. The van der Waals surface area contributed by atoms with E-state index < -0.39 is 24.5 Å². The van der Waals surface area contributed by atoms with Crippen LogP contribution in [0.1, 0.15) is 10.4 Å². The molecule has 3 N–H and O–H groups in total. The van der Waals surface area contributed by atoms with E-state index in [0.29, 0.717) is 10.2 Å². The normalized spacial score (nSPS) is 11.7. The first-order valence-corrected chi connectivity index (χ1v) is 5.77. The van der Waals surface area contributed by atoms with Gasteiger partial charge in [-0.2, -0.15) is 0 Å². The molecule has 1 amide bonds. The molecule has 98 valence electrons. The molecule has 0 aliphatic rings. The summed E-state index contributed by atoms with van der Waals surface area (Å²) in [7, 11) is 1.46.